The molecule has 6 heteroatoms. The van der Waals surface area contributed by atoms with Crippen LogP contribution in [0, 0.1) is 12.7 Å². The summed E-state index contributed by atoms with van der Waals surface area (Å²) in [4.78, 5) is 15.3. The van der Waals surface area contributed by atoms with E-state index in [-0.39, 0.29) is 16.3 Å². The number of aromatic carboxylic acids is 1. The van der Waals surface area contributed by atoms with Crippen LogP contribution in [-0.4, -0.2) is 16.1 Å². The molecule has 0 amide bonds. The van der Waals surface area contributed by atoms with Crippen molar-refractivity contribution in [3.8, 4) is 10.6 Å². The molecule has 0 aliphatic heterocycles. The molecule has 2 rings (SSSR count). The molecule has 0 saturated carbocycles. The minimum atomic E-state index is -1.12. The van der Waals surface area contributed by atoms with Crippen molar-refractivity contribution in [2.24, 2.45) is 0 Å². The normalized spacial score (nSPS) is 10.5. The number of rotatable bonds is 2. The Hall–Kier alpha value is -1.46. The number of aromatic nitrogens is 1. The van der Waals surface area contributed by atoms with Crippen molar-refractivity contribution in [3.63, 3.8) is 0 Å². The number of nitrogens with zero attached hydrogens (tertiary/aromatic N) is 1. The second-order valence-corrected chi connectivity index (χ2v) is 4.94. The Balaban J connectivity index is 2.58. The van der Waals surface area contributed by atoms with E-state index in [1.807, 2.05) is 0 Å². The van der Waals surface area contributed by atoms with Gasteiger partial charge in [0.15, 0.2) is 11.5 Å². The molecule has 0 aliphatic carbocycles. The molecule has 2 aromatic rings. The van der Waals surface area contributed by atoms with Crippen molar-refractivity contribution in [3.05, 3.63) is 39.6 Å². The summed E-state index contributed by atoms with van der Waals surface area (Å²) < 4.78 is 13.7. The second kappa shape index (κ2) is 4.43. The van der Waals surface area contributed by atoms with Crippen LogP contribution in [0.2, 0.25) is 5.02 Å². The highest BCUT2D eigenvalue weighted by Crippen LogP contribution is 2.32. The molecule has 1 aromatic carbocycles. The topological polar surface area (TPSA) is 50.2 Å². The third kappa shape index (κ3) is 2.16. The van der Waals surface area contributed by atoms with Crippen molar-refractivity contribution in [1.82, 2.24) is 4.98 Å². The molecule has 3 nitrogen and oxygen atoms in total. The monoisotopic (exact) mass is 271 g/mol. The average molecular weight is 272 g/mol. The molecule has 0 atom stereocenters. The van der Waals surface area contributed by atoms with Crippen LogP contribution in [0.3, 0.4) is 0 Å². The van der Waals surface area contributed by atoms with E-state index in [2.05, 4.69) is 4.98 Å². The minimum Gasteiger partial charge on any atom is -0.476 e. The van der Waals surface area contributed by atoms with Gasteiger partial charge in [0, 0.05) is 10.4 Å². The third-order valence-electron chi connectivity index (χ3n) is 2.18. The zero-order valence-corrected chi connectivity index (χ0v) is 10.3. The number of carbonyl (C=O) groups is 1. The van der Waals surface area contributed by atoms with E-state index in [1.54, 1.807) is 13.0 Å². The van der Waals surface area contributed by atoms with E-state index < -0.39 is 11.8 Å². The lowest BCUT2D eigenvalue weighted by atomic mass is 10.2. The maximum absolute atomic E-state index is 13.7. The number of aryl methyl sites for hydroxylation is 1. The van der Waals surface area contributed by atoms with Crippen molar-refractivity contribution < 1.29 is 14.3 Å². The van der Waals surface area contributed by atoms with Gasteiger partial charge in [0.1, 0.15) is 5.01 Å². The van der Waals surface area contributed by atoms with E-state index in [0.717, 1.165) is 11.3 Å². The highest BCUT2D eigenvalue weighted by atomic mass is 35.5. The third-order valence-corrected chi connectivity index (χ3v) is 3.48. The van der Waals surface area contributed by atoms with E-state index >= 15 is 0 Å². The van der Waals surface area contributed by atoms with Crippen LogP contribution in [0.4, 0.5) is 4.39 Å². The van der Waals surface area contributed by atoms with Gasteiger partial charge in [-0.1, -0.05) is 17.7 Å². The van der Waals surface area contributed by atoms with E-state index in [4.69, 9.17) is 16.7 Å². The maximum atomic E-state index is 13.7. The standard InChI is InChI=1S/C11H7ClFNO2S/c1-5-9(11(15)16)14-10(17-5)6-3-2-4-7(12)8(6)13/h2-4H,1H3,(H,15,16). The summed E-state index contributed by atoms with van der Waals surface area (Å²) in [7, 11) is 0. The SMILES string of the molecule is Cc1sc(-c2cccc(Cl)c2F)nc1C(=O)O. The first-order valence-electron chi connectivity index (χ1n) is 4.66. The Kier molecular flexibility index (Phi) is 3.13. The van der Waals surface area contributed by atoms with Crippen LogP contribution in [0.1, 0.15) is 15.4 Å². The molecular formula is C11H7ClFNO2S. The number of thiazole rings is 1. The number of benzene rings is 1. The fourth-order valence-corrected chi connectivity index (χ4v) is 2.48. The molecular weight excluding hydrogens is 265 g/mol. The molecule has 0 spiro atoms. The fraction of sp³-hybridized carbons (Fsp3) is 0.0909. The van der Waals surface area contributed by atoms with E-state index in [1.165, 1.54) is 12.1 Å². The number of carboxylic acid groups (broad SMARTS) is 1. The maximum Gasteiger partial charge on any atom is 0.355 e. The van der Waals surface area contributed by atoms with E-state index in [9.17, 15) is 9.18 Å². The van der Waals surface area contributed by atoms with Crippen molar-refractivity contribution in [1.29, 1.82) is 0 Å². The van der Waals surface area contributed by atoms with Gasteiger partial charge in [0.2, 0.25) is 0 Å². The number of hydrogen-bond acceptors (Lipinski definition) is 3. The van der Waals surface area contributed by atoms with Crippen molar-refractivity contribution >= 4 is 28.9 Å². The quantitative estimate of drug-likeness (QED) is 0.908. The molecule has 1 aromatic heterocycles. The van der Waals surface area contributed by atoms with Gasteiger partial charge in [-0.05, 0) is 19.1 Å². The predicted molar refractivity (Wildman–Crippen MR) is 64.2 cm³/mol. The Morgan fingerprint density at radius 3 is 2.82 bits per heavy atom. The lowest BCUT2D eigenvalue weighted by Crippen LogP contribution is -1.98. The summed E-state index contributed by atoms with van der Waals surface area (Å²) >= 11 is 6.79. The fourth-order valence-electron chi connectivity index (χ4n) is 1.38. The molecule has 0 aliphatic rings. The van der Waals surface area contributed by atoms with Gasteiger partial charge < -0.3 is 5.11 Å². The second-order valence-electron chi connectivity index (χ2n) is 3.33. The summed E-state index contributed by atoms with van der Waals surface area (Å²) in [6.45, 7) is 1.63. The largest absolute Gasteiger partial charge is 0.476 e. The molecule has 1 N–H and O–H groups in total. The number of halogens is 2. The molecule has 0 unspecified atom stereocenters. The van der Waals surface area contributed by atoms with Gasteiger partial charge in [0.05, 0.1) is 5.02 Å². The zero-order valence-electron chi connectivity index (χ0n) is 8.70. The summed E-state index contributed by atoms with van der Waals surface area (Å²) in [5, 5.41) is 9.19. The summed E-state index contributed by atoms with van der Waals surface area (Å²) in [5.41, 5.74) is 0.169. The Bertz CT molecular complexity index is 597. The van der Waals surface area contributed by atoms with Crippen molar-refractivity contribution in [2.75, 3.05) is 0 Å². The lowest BCUT2D eigenvalue weighted by Gasteiger charge is -1.99. The molecule has 0 radical (unpaired) electrons. The van der Waals surface area contributed by atoms with E-state index in [0.29, 0.717) is 9.88 Å². The number of carboxylic acids is 1. The number of hydrogen-bond donors (Lipinski definition) is 1. The smallest absolute Gasteiger partial charge is 0.355 e. The molecule has 17 heavy (non-hydrogen) atoms. The molecule has 0 bridgehead atoms. The minimum absolute atomic E-state index is 0.00720. The zero-order chi connectivity index (χ0) is 12.6. The Morgan fingerprint density at radius 1 is 1.53 bits per heavy atom. The van der Waals surface area contributed by atoms with Crippen LogP contribution in [0.15, 0.2) is 18.2 Å². The van der Waals surface area contributed by atoms with Crippen LogP contribution in [-0.2, 0) is 0 Å². The Labute approximate surface area is 106 Å². The highest BCUT2D eigenvalue weighted by Gasteiger charge is 2.18. The molecule has 1 heterocycles. The summed E-state index contributed by atoms with van der Waals surface area (Å²) in [6.07, 6.45) is 0. The van der Waals surface area contributed by atoms with Crippen molar-refractivity contribution in [2.45, 2.75) is 6.92 Å². The van der Waals surface area contributed by atoms with Gasteiger partial charge >= 0.3 is 5.97 Å². The molecule has 88 valence electrons. The van der Waals surface area contributed by atoms with Gasteiger partial charge in [-0.2, -0.15) is 0 Å². The predicted octanol–water partition coefficient (Wildman–Crippen LogP) is 3.61. The van der Waals surface area contributed by atoms with Crippen LogP contribution < -0.4 is 0 Å². The van der Waals surface area contributed by atoms with Gasteiger partial charge in [-0.25, -0.2) is 14.2 Å². The molecule has 0 saturated heterocycles. The summed E-state index contributed by atoms with van der Waals surface area (Å²) in [5.74, 6) is -1.70. The van der Waals surface area contributed by atoms with Gasteiger partial charge in [-0.3, -0.25) is 0 Å². The highest BCUT2D eigenvalue weighted by molar-refractivity contribution is 7.15. The molecule has 0 fully saturated rings. The van der Waals surface area contributed by atoms with Gasteiger partial charge in [0.25, 0.3) is 0 Å². The first kappa shape index (κ1) is 12.0. The van der Waals surface area contributed by atoms with Crippen LogP contribution in [0.5, 0.6) is 0 Å². The first-order valence-corrected chi connectivity index (χ1v) is 5.85. The van der Waals surface area contributed by atoms with Crippen LogP contribution in [0.25, 0.3) is 10.6 Å². The lowest BCUT2D eigenvalue weighted by molar-refractivity contribution is 0.0690. The van der Waals surface area contributed by atoms with Gasteiger partial charge in [-0.15, -0.1) is 11.3 Å². The average Bonchev–Trinajstić information content (AvgIpc) is 2.64. The summed E-state index contributed by atoms with van der Waals surface area (Å²) in [6, 6.07) is 4.54. The first-order chi connectivity index (χ1) is 8.00. The Morgan fingerprint density at radius 2 is 2.24 bits per heavy atom. The van der Waals surface area contributed by atoms with Crippen LogP contribution >= 0.6 is 22.9 Å².